The number of hydrogen-bond donors (Lipinski definition) is 0. The van der Waals surface area contributed by atoms with Gasteiger partial charge in [0.2, 0.25) is 11.7 Å². The van der Waals surface area contributed by atoms with E-state index in [1.165, 1.54) is 5.56 Å². The second-order valence-electron chi connectivity index (χ2n) is 9.27. The molecule has 0 bridgehead atoms. The summed E-state index contributed by atoms with van der Waals surface area (Å²) >= 11 is 0. The zero-order valence-corrected chi connectivity index (χ0v) is 20.5. The van der Waals surface area contributed by atoms with Gasteiger partial charge in [0.25, 0.3) is 0 Å². The molecule has 1 saturated heterocycles. The van der Waals surface area contributed by atoms with Crippen LogP contribution in [0.15, 0.2) is 53.2 Å². The van der Waals surface area contributed by atoms with Gasteiger partial charge in [-0.05, 0) is 38.1 Å². The molecule has 184 valence electrons. The van der Waals surface area contributed by atoms with Crippen molar-refractivity contribution in [2.24, 2.45) is 0 Å². The Bertz CT molecular complexity index is 1490. The summed E-state index contributed by atoms with van der Waals surface area (Å²) in [5.74, 6) is 1.68. The lowest BCUT2D eigenvalue weighted by Crippen LogP contribution is -2.45. The van der Waals surface area contributed by atoms with Gasteiger partial charge in [-0.3, -0.25) is 4.98 Å². The van der Waals surface area contributed by atoms with Crippen molar-refractivity contribution in [1.29, 1.82) is 0 Å². The number of benzene rings is 1. The maximum absolute atomic E-state index is 6.18. The molecule has 1 aliphatic rings. The number of aromatic nitrogens is 6. The van der Waals surface area contributed by atoms with Crippen molar-refractivity contribution in [2.45, 2.75) is 20.0 Å². The molecule has 1 aliphatic heterocycles. The van der Waals surface area contributed by atoms with Gasteiger partial charge in [-0.25, -0.2) is 0 Å². The monoisotopic (exact) mass is 484 g/mol. The van der Waals surface area contributed by atoms with Crippen molar-refractivity contribution in [3.05, 3.63) is 65.7 Å². The summed E-state index contributed by atoms with van der Waals surface area (Å²) in [5, 5.41) is 19.2. The number of rotatable bonds is 7. The van der Waals surface area contributed by atoms with Crippen LogP contribution >= 0.6 is 0 Å². The zero-order valence-electron chi connectivity index (χ0n) is 20.5. The van der Waals surface area contributed by atoms with Crippen LogP contribution in [0.5, 0.6) is 5.88 Å². The van der Waals surface area contributed by atoms with Crippen molar-refractivity contribution >= 4 is 16.4 Å². The molecule has 0 atom stereocenters. The molecule has 5 aromatic rings. The SMILES string of the molecule is Cc1cc(-c2nnc3c4ccccc4c(OCc4ccc(CCN5CCN(C)CC5)cn4)nn23)no1. The molecule has 0 amide bonds. The Morgan fingerprint density at radius 3 is 2.58 bits per heavy atom. The molecule has 0 aliphatic carbocycles. The van der Waals surface area contributed by atoms with Crippen molar-refractivity contribution in [3.63, 3.8) is 0 Å². The van der Waals surface area contributed by atoms with E-state index in [0.29, 0.717) is 35.4 Å². The molecule has 0 spiro atoms. The topological polar surface area (TPSA) is 97.7 Å². The van der Waals surface area contributed by atoms with Crippen LogP contribution < -0.4 is 4.74 Å². The van der Waals surface area contributed by atoms with Gasteiger partial charge in [0, 0.05) is 55.8 Å². The highest BCUT2D eigenvalue weighted by Gasteiger charge is 2.18. The summed E-state index contributed by atoms with van der Waals surface area (Å²) < 4.78 is 13.1. The minimum Gasteiger partial charge on any atom is -0.470 e. The van der Waals surface area contributed by atoms with E-state index in [2.05, 4.69) is 43.3 Å². The summed E-state index contributed by atoms with van der Waals surface area (Å²) in [6.45, 7) is 7.74. The number of nitrogens with zero attached hydrogens (tertiary/aromatic N) is 8. The molecule has 10 nitrogen and oxygen atoms in total. The number of ether oxygens (including phenoxy) is 1. The molecule has 4 aromatic heterocycles. The normalized spacial score (nSPS) is 15.2. The van der Waals surface area contributed by atoms with Gasteiger partial charge in [-0.1, -0.05) is 29.4 Å². The van der Waals surface area contributed by atoms with E-state index in [0.717, 1.165) is 55.6 Å². The highest BCUT2D eigenvalue weighted by atomic mass is 16.5. The second kappa shape index (κ2) is 9.63. The first-order valence-electron chi connectivity index (χ1n) is 12.2. The molecule has 6 rings (SSSR count). The third kappa shape index (κ3) is 4.52. The fraction of sp³-hybridized carbons (Fsp3) is 0.346. The molecular weight excluding hydrogens is 456 g/mol. The molecule has 0 saturated carbocycles. The number of aryl methyl sites for hydroxylation is 1. The van der Waals surface area contributed by atoms with Crippen LogP contribution in [0, 0.1) is 6.92 Å². The van der Waals surface area contributed by atoms with Gasteiger partial charge in [0.05, 0.1) is 5.69 Å². The molecular formula is C26H28N8O2. The van der Waals surface area contributed by atoms with Crippen LogP contribution in [0.4, 0.5) is 0 Å². The Balaban J connectivity index is 1.19. The highest BCUT2D eigenvalue weighted by Crippen LogP contribution is 2.29. The summed E-state index contributed by atoms with van der Waals surface area (Å²) in [7, 11) is 2.18. The van der Waals surface area contributed by atoms with Crippen LogP contribution in [0.1, 0.15) is 17.0 Å². The number of piperazine rings is 1. The predicted molar refractivity (Wildman–Crippen MR) is 135 cm³/mol. The van der Waals surface area contributed by atoms with Crippen LogP contribution in [0.2, 0.25) is 0 Å². The smallest absolute Gasteiger partial charge is 0.240 e. The van der Waals surface area contributed by atoms with E-state index in [1.807, 2.05) is 49.5 Å². The van der Waals surface area contributed by atoms with E-state index >= 15 is 0 Å². The fourth-order valence-corrected chi connectivity index (χ4v) is 4.48. The first kappa shape index (κ1) is 22.6. The lowest BCUT2D eigenvalue weighted by Gasteiger charge is -2.32. The number of hydrogen-bond acceptors (Lipinski definition) is 9. The Labute approximate surface area is 208 Å². The standard InChI is InChI=1S/C26H28N8O2/c1-18-15-23(31-36-18)25-29-28-24-21-5-3-4-6-22(21)26(30-34(24)25)35-17-20-8-7-19(16-27-20)9-10-33-13-11-32(2)12-14-33/h3-8,15-16H,9-14,17H2,1-2H3. The summed E-state index contributed by atoms with van der Waals surface area (Å²) in [6, 6.07) is 13.9. The Kier molecular flexibility index (Phi) is 6.04. The Morgan fingerprint density at radius 1 is 1.00 bits per heavy atom. The third-order valence-electron chi connectivity index (χ3n) is 6.64. The zero-order chi connectivity index (χ0) is 24.5. The second-order valence-corrected chi connectivity index (χ2v) is 9.27. The van der Waals surface area contributed by atoms with Crippen LogP contribution in [-0.2, 0) is 13.0 Å². The van der Waals surface area contributed by atoms with E-state index in [1.54, 1.807) is 4.52 Å². The van der Waals surface area contributed by atoms with Gasteiger partial charge in [0.15, 0.2) is 11.3 Å². The lowest BCUT2D eigenvalue weighted by atomic mass is 10.2. The average molecular weight is 485 g/mol. The van der Waals surface area contributed by atoms with Crippen molar-refractivity contribution in [3.8, 4) is 17.4 Å². The average Bonchev–Trinajstić information content (AvgIpc) is 3.53. The largest absolute Gasteiger partial charge is 0.470 e. The molecule has 1 aromatic carbocycles. The van der Waals surface area contributed by atoms with Gasteiger partial charge in [0.1, 0.15) is 12.4 Å². The Morgan fingerprint density at radius 2 is 1.83 bits per heavy atom. The molecule has 5 heterocycles. The lowest BCUT2D eigenvalue weighted by molar-refractivity contribution is 0.155. The highest BCUT2D eigenvalue weighted by molar-refractivity contribution is 5.96. The van der Waals surface area contributed by atoms with Crippen molar-refractivity contribution in [1.82, 2.24) is 39.8 Å². The first-order valence-corrected chi connectivity index (χ1v) is 12.2. The molecule has 10 heteroatoms. The maximum Gasteiger partial charge on any atom is 0.240 e. The van der Waals surface area contributed by atoms with Crippen LogP contribution in [0.3, 0.4) is 0 Å². The summed E-state index contributed by atoms with van der Waals surface area (Å²) in [6.07, 6.45) is 2.95. The number of fused-ring (bicyclic) bond motifs is 3. The molecule has 0 N–H and O–H groups in total. The van der Waals surface area contributed by atoms with Crippen LogP contribution in [-0.4, -0.2) is 79.5 Å². The first-order chi connectivity index (χ1) is 17.6. The molecule has 36 heavy (non-hydrogen) atoms. The van der Waals surface area contributed by atoms with E-state index in [-0.39, 0.29) is 0 Å². The minimum absolute atomic E-state index is 0.307. The van der Waals surface area contributed by atoms with E-state index in [4.69, 9.17) is 14.4 Å². The third-order valence-corrected chi connectivity index (χ3v) is 6.64. The van der Waals surface area contributed by atoms with E-state index < -0.39 is 0 Å². The predicted octanol–water partition coefficient (Wildman–Crippen LogP) is 3.00. The van der Waals surface area contributed by atoms with Crippen molar-refractivity contribution < 1.29 is 9.26 Å². The number of likely N-dealkylation sites (N-methyl/N-ethyl adjacent to an activating group) is 1. The molecule has 0 radical (unpaired) electrons. The quantitative estimate of drug-likeness (QED) is 0.345. The van der Waals surface area contributed by atoms with Gasteiger partial charge < -0.3 is 19.1 Å². The fourth-order valence-electron chi connectivity index (χ4n) is 4.48. The molecule has 0 unspecified atom stereocenters. The Hall–Kier alpha value is -3.89. The maximum atomic E-state index is 6.18. The summed E-state index contributed by atoms with van der Waals surface area (Å²) in [4.78, 5) is 9.53. The van der Waals surface area contributed by atoms with Crippen molar-refractivity contribution in [2.75, 3.05) is 39.8 Å². The number of pyridine rings is 1. The van der Waals surface area contributed by atoms with Gasteiger partial charge in [-0.15, -0.1) is 15.3 Å². The van der Waals surface area contributed by atoms with Crippen LogP contribution in [0.25, 0.3) is 27.9 Å². The summed E-state index contributed by atoms with van der Waals surface area (Å²) in [5.41, 5.74) is 3.29. The minimum atomic E-state index is 0.307. The van der Waals surface area contributed by atoms with Gasteiger partial charge >= 0.3 is 0 Å². The van der Waals surface area contributed by atoms with E-state index in [9.17, 15) is 0 Å². The van der Waals surface area contributed by atoms with Gasteiger partial charge in [-0.2, -0.15) is 4.52 Å². The molecule has 1 fully saturated rings.